The summed E-state index contributed by atoms with van der Waals surface area (Å²) in [7, 11) is 4.19. The van der Waals surface area contributed by atoms with E-state index in [4.69, 9.17) is 0 Å². The Morgan fingerprint density at radius 1 is 1.14 bits per heavy atom. The van der Waals surface area contributed by atoms with Crippen molar-refractivity contribution in [2.45, 2.75) is 50.9 Å². The summed E-state index contributed by atoms with van der Waals surface area (Å²) in [6, 6.07) is 10.5. The van der Waals surface area contributed by atoms with E-state index in [2.05, 4.69) is 43.3 Å². The molecule has 0 aromatic heterocycles. The smallest absolute Gasteiger partial charge is 0.140 e. The number of carbonyl (C=O) groups is 1. The molecule has 1 aromatic carbocycles. The van der Waals surface area contributed by atoms with Gasteiger partial charge in [0, 0.05) is 0 Å². The number of halogens is 1. The number of nitrogens with zero attached hydrogens (tertiary/aromatic N) is 1. The lowest BCUT2D eigenvalue weighted by Gasteiger charge is -2.42. The first-order chi connectivity index (χ1) is 10.1. The molecule has 1 aliphatic carbocycles. The summed E-state index contributed by atoms with van der Waals surface area (Å²) < 4.78 is 0. The fraction of sp³-hybridized carbons (Fsp3) is 0.632. The maximum Gasteiger partial charge on any atom is 0.140 e. The van der Waals surface area contributed by atoms with Gasteiger partial charge >= 0.3 is 0 Å². The standard InChI is InChI=1S/C19H29NO.BrH/c1-16(21)19(14-15-20(2)3,17-10-6-4-7-11-17)18-12-8-5-9-13-18;/h4,6-7,10-11,18H,5,8-9,12-15H2,1-3H3;1H. The number of ketones is 1. The van der Waals surface area contributed by atoms with Crippen molar-refractivity contribution in [1.82, 2.24) is 4.90 Å². The zero-order chi connectivity index (χ0) is 15.3. The SMILES string of the molecule is Br.CC(=O)C(CCN(C)C)(c1ccccc1)C1CCCCC1. The van der Waals surface area contributed by atoms with Gasteiger partial charge < -0.3 is 4.90 Å². The van der Waals surface area contributed by atoms with Crippen molar-refractivity contribution in [2.24, 2.45) is 5.92 Å². The number of Topliss-reactive ketones (excluding diaryl/α,β-unsaturated/α-hetero) is 1. The van der Waals surface area contributed by atoms with Crippen LogP contribution in [-0.2, 0) is 10.2 Å². The van der Waals surface area contributed by atoms with Crippen molar-refractivity contribution < 1.29 is 4.79 Å². The lowest BCUT2D eigenvalue weighted by Crippen LogP contribution is -2.44. The average Bonchev–Trinajstić information content (AvgIpc) is 2.49. The van der Waals surface area contributed by atoms with E-state index in [1.807, 2.05) is 6.07 Å². The van der Waals surface area contributed by atoms with Crippen LogP contribution < -0.4 is 0 Å². The lowest BCUT2D eigenvalue weighted by atomic mass is 9.61. The highest BCUT2D eigenvalue weighted by molar-refractivity contribution is 8.93. The molecule has 0 radical (unpaired) electrons. The van der Waals surface area contributed by atoms with Gasteiger partial charge in [0.05, 0.1) is 5.41 Å². The molecular weight excluding hydrogens is 338 g/mol. The van der Waals surface area contributed by atoms with Crippen molar-refractivity contribution in [2.75, 3.05) is 20.6 Å². The molecule has 124 valence electrons. The summed E-state index contributed by atoms with van der Waals surface area (Å²) in [4.78, 5) is 15.0. The molecule has 0 N–H and O–H groups in total. The van der Waals surface area contributed by atoms with E-state index < -0.39 is 0 Å². The quantitative estimate of drug-likeness (QED) is 0.730. The van der Waals surface area contributed by atoms with E-state index in [1.54, 1.807) is 6.92 Å². The molecule has 0 spiro atoms. The van der Waals surface area contributed by atoms with Crippen LogP contribution >= 0.6 is 17.0 Å². The van der Waals surface area contributed by atoms with Gasteiger partial charge in [-0.1, -0.05) is 49.6 Å². The average molecular weight is 368 g/mol. The van der Waals surface area contributed by atoms with E-state index in [1.165, 1.54) is 37.7 Å². The maximum atomic E-state index is 12.8. The van der Waals surface area contributed by atoms with Gasteiger partial charge in [-0.2, -0.15) is 0 Å². The van der Waals surface area contributed by atoms with Crippen LogP contribution in [0.1, 0.15) is 51.0 Å². The fourth-order valence-electron chi connectivity index (χ4n) is 3.98. The van der Waals surface area contributed by atoms with Gasteiger partial charge in [0.2, 0.25) is 0 Å². The summed E-state index contributed by atoms with van der Waals surface area (Å²) in [6.45, 7) is 2.77. The van der Waals surface area contributed by atoms with Gasteiger partial charge in [0.1, 0.15) is 5.78 Å². The molecule has 1 atom stereocenters. The van der Waals surface area contributed by atoms with E-state index in [9.17, 15) is 4.79 Å². The highest BCUT2D eigenvalue weighted by Gasteiger charge is 2.44. The van der Waals surface area contributed by atoms with E-state index in [0.717, 1.165) is 13.0 Å². The highest BCUT2D eigenvalue weighted by Crippen LogP contribution is 2.44. The molecule has 0 bridgehead atoms. The van der Waals surface area contributed by atoms with E-state index >= 15 is 0 Å². The summed E-state index contributed by atoms with van der Waals surface area (Å²) in [5.74, 6) is 0.855. The second kappa shape index (κ2) is 8.83. The minimum absolute atomic E-state index is 0. The van der Waals surface area contributed by atoms with Crippen molar-refractivity contribution in [1.29, 1.82) is 0 Å². The molecule has 2 nitrogen and oxygen atoms in total. The van der Waals surface area contributed by atoms with Crippen molar-refractivity contribution >= 4 is 22.8 Å². The van der Waals surface area contributed by atoms with Gasteiger partial charge in [0.15, 0.2) is 0 Å². The van der Waals surface area contributed by atoms with Crippen molar-refractivity contribution in [3.05, 3.63) is 35.9 Å². The summed E-state index contributed by atoms with van der Waals surface area (Å²) >= 11 is 0. The molecule has 0 heterocycles. The van der Waals surface area contributed by atoms with Gasteiger partial charge in [-0.05, 0) is 58.3 Å². The molecular formula is C19H30BrNO. The Balaban J connectivity index is 0.00000242. The van der Waals surface area contributed by atoms with Gasteiger partial charge in [-0.25, -0.2) is 0 Å². The van der Waals surface area contributed by atoms with Gasteiger partial charge in [-0.15, -0.1) is 17.0 Å². The molecule has 1 fully saturated rings. The first-order valence-corrected chi connectivity index (χ1v) is 8.28. The zero-order valence-electron chi connectivity index (χ0n) is 14.2. The highest BCUT2D eigenvalue weighted by atomic mass is 79.9. The minimum atomic E-state index is -0.286. The van der Waals surface area contributed by atoms with Crippen LogP contribution in [0.5, 0.6) is 0 Å². The second-order valence-electron chi connectivity index (χ2n) is 6.78. The molecule has 1 aliphatic rings. The van der Waals surface area contributed by atoms with Crippen molar-refractivity contribution in [3.63, 3.8) is 0 Å². The first-order valence-electron chi connectivity index (χ1n) is 8.28. The molecule has 0 amide bonds. The normalized spacial score (nSPS) is 18.5. The van der Waals surface area contributed by atoms with Crippen LogP contribution in [0.3, 0.4) is 0 Å². The minimum Gasteiger partial charge on any atom is -0.309 e. The largest absolute Gasteiger partial charge is 0.309 e. The molecule has 1 unspecified atom stereocenters. The van der Waals surface area contributed by atoms with E-state index in [-0.39, 0.29) is 22.4 Å². The number of benzene rings is 1. The Labute approximate surface area is 146 Å². The van der Waals surface area contributed by atoms with Crippen LogP contribution in [0.15, 0.2) is 30.3 Å². The maximum absolute atomic E-state index is 12.8. The second-order valence-corrected chi connectivity index (χ2v) is 6.78. The third-order valence-corrected chi connectivity index (χ3v) is 5.17. The predicted molar refractivity (Wildman–Crippen MR) is 98.9 cm³/mol. The Morgan fingerprint density at radius 3 is 2.23 bits per heavy atom. The molecule has 2 rings (SSSR count). The number of rotatable bonds is 6. The van der Waals surface area contributed by atoms with Crippen LogP contribution in [0.25, 0.3) is 0 Å². The Hall–Kier alpha value is -0.670. The molecule has 0 aliphatic heterocycles. The molecule has 3 heteroatoms. The monoisotopic (exact) mass is 367 g/mol. The van der Waals surface area contributed by atoms with Gasteiger partial charge in [0.25, 0.3) is 0 Å². The number of hydrogen-bond acceptors (Lipinski definition) is 2. The van der Waals surface area contributed by atoms with Crippen LogP contribution in [0.4, 0.5) is 0 Å². The van der Waals surface area contributed by atoms with Crippen LogP contribution in [0, 0.1) is 5.92 Å². The molecule has 22 heavy (non-hydrogen) atoms. The third kappa shape index (κ3) is 4.20. The van der Waals surface area contributed by atoms with Crippen LogP contribution in [-0.4, -0.2) is 31.3 Å². The van der Waals surface area contributed by atoms with Crippen molar-refractivity contribution in [3.8, 4) is 0 Å². The number of carbonyl (C=O) groups excluding carboxylic acids is 1. The predicted octanol–water partition coefficient (Wildman–Crippen LogP) is 4.62. The fourth-order valence-corrected chi connectivity index (χ4v) is 3.98. The van der Waals surface area contributed by atoms with Crippen LogP contribution in [0.2, 0.25) is 0 Å². The lowest BCUT2D eigenvalue weighted by molar-refractivity contribution is -0.125. The Bertz CT molecular complexity index is 454. The van der Waals surface area contributed by atoms with Gasteiger partial charge in [-0.3, -0.25) is 4.79 Å². The Kier molecular flexibility index (Phi) is 7.78. The van der Waals surface area contributed by atoms with E-state index in [0.29, 0.717) is 11.7 Å². The number of hydrogen-bond donors (Lipinski definition) is 0. The topological polar surface area (TPSA) is 20.3 Å². The Morgan fingerprint density at radius 2 is 1.73 bits per heavy atom. The first kappa shape index (κ1) is 19.4. The summed E-state index contributed by atoms with van der Waals surface area (Å²) in [6.07, 6.45) is 7.20. The summed E-state index contributed by atoms with van der Waals surface area (Å²) in [5.41, 5.74) is 0.942. The zero-order valence-corrected chi connectivity index (χ0v) is 15.9. The molecule has 1 aromatic rings. The third-order valence-electron chi connectivity index (χ3n) is 5.17. The molecule has 0 saturated heterocycles. The summed E-state index contributed by atoms with van der Waals surface area (Å²) in [5, 5.41) is 0. The molecule has 1 saturated carbocycles.